The first-order valence-electron chi connectivity index (χ1n) is 4.71. The van der Waals surface area contributed by atoms with E-state index in [9.17, 15) is 4.79 Å². The van der Waals surface area contributed by atoms with Gasteiger partial charge in [0.05, 0.1) is 0 Å². The number of carboxylic acid groups (broad SMARTS) is 1. The molecule has 4 atom stereocenters. The Balaban J connectivity index is 2.19. The van der Waals surface area contributed by atoms with E-state index in [-0.39, 0.29) is 0 Å². The Morgan fingerprint density at radius 2 is 1.93 bits per heavy atom. The standard InChI is InChI=1S/C9H14O6/c1-9(2)14-4-5(7(10)11)13-8(12-3)6(4)15-9/h4-6,8H,1-3H3,(H,10,11)/t4?,5-,6?,8+/m0/s1. The highest BCUT2D eigenvalue weighted by atomic mass is 16.8. The minimum Gasteiger partial charge on any atom is -0.479 e. The molecule has 0 saturated carbocycles. The van der Waals surface area contributed by atoms with Crippen molar-refractivity contribution in [2.75, 3.05) is 7.11 Å². The third-order valence-electron chi connectivity index (χ3n) is 2.49. The van der Waals surface area contributed by atoms with Crippen LogP contribution in [0.4, 0.5) is 0 Å². The van der Waals surface area contributed by atoms with Gasteiger partial charge in [0, 0.05) is 7.11 Å². The summed E-state index contributed by atoms with van der Waals surface area (Å²) < 4.78 is 21.2. The molecule has 2 heterocycles. The van der Waals surface area contributed by atoms with E-state index in [2.05, 4.69) is 0 Å². The number of rotatable bonds is 2. The second-order valence-corrected chi connectivity index (χ2v) is 4.06. The smallest absolute Gasteiger partial charge is 0.335 e. The van der Waals surface area contributed by atoms with Gasteiger partial charge in [-0.1, -0.05) is 0 Å². The second-order valence-electron chi connectivity index (χ2n) is 4.06. The minimum atomic E-state index is -1.06. The Labute approximate surface area is 87.1 Å². The summed E-state index contributed by atoms with van der Waals surface area (Å²) >= 11 is 0. The Bertz CT molecular complexity index is 276. The molecule has 1 N–H and O–H groups in total. The SMILES string of the molecule is CO[C@@H]1O[C@H](C(=O)O)C2OC(C)(C)OC21. The topological polar surface area (TPSA) is 74.2 Å². The fourth-order valence-electron chi connectivity index (χ4n) is 1.95. The van der Waals surface area contributed by atoms with E-state index >= 15 is 0 Å². The molecule has 0 amide bonds. The third-order valence-corrected chi connectivity index (χ3v) is 2.49. The first-order valence-corrected chi connectivity index (χ1v) is 4.71. The van der Waals surface area contributed by atoms with E-state index in [4.69, 9.17) is 24.1 Å². The molecule has 2 saturated heterocycles. The van der Waals surface area contributed by atoms with E-state index in [1.807, 2.05) is 0 Å². The molecule has 0 aromatic rings. The lowest BCUT2D eigenvalue weighted by Crippen LogP contribution is -2.35. The monoisotopic (exact) mass is 218 g/mol. The lowest BCUT2D eigenvalue weighted by atomic mass is 10.1. The Morgan fingerprint density at radius 3 is 2.47 bits per heavy atom. The molecule has 0 aliphatic carbocycles. The van der Waals surface area contributed by atoms with Crippen molar-refractivity contribution in [2.45, 2.75) is 44.2 Å². The van der Waals surface area contributed by atoms with Crippen LogP contribution in [-0.4, -0.2) is 48.6 Å². The fraction of sp³-hybridized carbons (Fsp3) is 0.889. The molecular formula is C9H14O6. The van der Waals surface area contributed by atoms with E-state index in [1.165, 1.54) is 7.11 Å². The van der Waals surface area contributed by atoms with Crippen LogP contribution in [0.1, 0.15) is 13.8 Å². The quantitative estimate of drug-likeness (QED) is 0.701. The molecule has 2 aliphatic rings. The molecule has 15 heavy (non-hydrogen) atoms. The van der Waals surface area contributed by atoms with E-state index in [0.29, 0.717) is 0 Å². The van der Waals surface area contributed by atoms with Crippen LogP contribution < -0.4 is 0 Å². The summed E-state index contributed by atoms with van der Waals surface area (Å²) in [7, 11) is 1.45. The number of carboxylic acids is 1. The number of hydrogen-bond donors (Lipinski definition) is 1. The Kier molecular flexibility index (Phi) is 2.46. The average Bonchev–Trinajstić information content (AvgIpc) is 2.57. The molecule has 6 heteroatoms. The van der Waals surface area contributed by atoms with Gasteiger partial charge in [0.2, 0.25) is 0 Å². The van der Waals surface area contributed by atoms with Crippen molar-refractivity contribution in [2.24, 2.45) is 0 Å². The van der Waals surface area contributed by atoms with Gasteiger partial charge in [-0.2, -0.15) is 0 Å². The number of carbonyl (C=O) groups is 1. The maximum Gasteiger partial charge on any atom is 0.335 e. The lowest BCUT2D eigenvalue weighted by Gasteiger charge is -2.22. The number of methoxy groups -OCH3 is 1. The molecule has 86 valence electrons. The summed E-state index contributed by atoms with van der Waals surface area (Å²) in [6, 6.07) is 0. The van der Waals surface area contributed by atoms with Crippen LogP contribution in [-0.2, 0) is 23.7 Å². The van der Waals surface area contributed by atoms with Gasteiger partial charge in [-0.15, -0.1) is 0 Å². The average molecular weight is 218 g/mol. The Hall–Kier alpha value is -0.690. The number of hydrogen-bond acceptors (Lipinski definition) is 5. The third kappa shape index (κ3) is 1.74. The molecule has 6 nitrogen and oxygen atoms in total. The maximum absolute atomic E-state index is 10.9. The zero-order valence-corrected chi connectivity index (χ0v) is 8.80. The van der Waals surface area contributed by atoms with Crippen LogP contribution in [0.3, 0.4) is 0 Å². The van der Waals surface area contributed by atoms with Gasteiger partial charge in [-0.25, -0.2) is 4.79 Å². The molecule has 2 fully saturated rings. The van der Waals surface area contributed by atoms with Crippen LogP contribution in [0.2, 0.25) is 0 Å². The highest BCUT2D eigenvalue weighted by Gasteiger charge is 2.57. The van der Waals surface area contributed by atoms with E-state index in [0.717, 1.165) is 0 Å². The van der Waals surface area contributed by atoms with Crippen LogP contribution in [0, 0.1) is 0 Å². The van der Waals surface area contributed by atoms with Gasteiger partial charge in [-0.3, -0.25) is 0 Å². The zero-order chi connectivity index (χ0) is 11.2. The summed E-state index contributed by atoms with van der Waals surface area (Å²) in [5, 5.41) is 8.93. The lowest BCUT2D eigenvalue weighted by molar-refractivity contribution is -0.229. The van der Waals surface area contributed by atoms with Crippen molar-refractivity contribution >= 4 is 5.97 Å². The summed E-state index contributed by atoms with van der Waals surface area (Å²) in [4.78, 5) is 10.9. The van der Waals surface area contributed by atoms with Gasteiger partial charge < -0.3 is 24.1 Å². The van der Waals surface area contributed by atoms with Crippen LogP contribution in [0.5, 0.6) is 0 Å². The largest absolute Gasteiger partial charge is 0.479 e. The minimum absolute atomic E-state index is 0.480. The molecule has 2 aliphatic heterocycles. The van der Waals surface area contributed by atoms with Gasteiger partial charge in [-0.05, 0) is 13.8 Å². The van der Waals surface area contributed by atoms with Crippen LogP contribution in [0.15, 0.2) is 0 Å². The van der Waals surface area contributed by atoms with Crippen LogP contribution in [0.25, 0.3) is 0 Å². The summed E-state index contributed by atoms with van der Waals surface area (Å²) in [6.45, 7) is 3.47. The molecular weight excluding hydrogens is 204 g/mol. The number of fused-ring (bicyclic) bond motifs is 1. The molecule has 0 aromatic heterocycles. The second kappa shape index (κ2) is 3.41. The predicted octanol–water partition coefficient (Wildman–Crippen LogP) is -0.0376. The normalized spacial score (nSPS) is 42.9. The number of aliphatic carboxylic acids is 1. The van der Waals surface area contributed by atoms with Crippen molar-refractivity contribution in [1.29, 1.82) is 0 Å². The van der Waals surface area contributed by atoms with Crippen molar-refractivity contribution in [1.82, 2.24) is 0 Å². The summed E-state index contributed by atoms with van der Waals surface area (Å²) in [5.41, 5.74) is 0. The van der Waals surface area contributed by atoms with Gasteiger partial charge in [0.15, 0.2) is 18.2 Å². The van der Waals surface area contributed by atoms with E-state index in [1.54, 1.807) is 13.8 Å². The van der Waals surface area contributed by atoms with Gasteiger partial charge >= 0.3 is 5.97 Å². The molecule has 0 bridgehead atoms. The molecule has 0 radical (unpaired) electrons. The zero-order valence-electron chi connectivity index (χ0n) is 8.80. The van der Waals surface area contributed by atoms with Crippen molar-refractivity contribution in [3.63, 3.8) is 0 Å². The van der Waals surface area contributed by atoms with E-state index < -0.39 is 36.4 Å². The van der Waals surface area contributed by atoms with Gasteiger partial charge in [0.25, 0.3) is 0 Å². The van der Waals surface area contributed by atoms with Crippen molar-refractivity contribution in [3.05, 3.63) is 0 Å². The first-order chi connectivity index (χ1) is 6.94. The molecule has 2 unspecified atom stereocenters. The maximum atomic E-state index is 10.9. The first kappa shape index (κ1) is 10.8. The predicted molar refractivity (Wildman–Crippen MR) is 47.1 cm³/mol. The molecule has 0 aromatic carbocycles. The van der Waals surface area contributed by atoms with Crippen LogP contribution >= 0.6 is 0 Å². The van der Waals surface area contributed by atoms with Crippen molar-refractivity contribution in [3.8, 4) is 0 Å². The number of ether oxygens (including phenoxy) is 4. The highest BCUT2D eigenvalue weighted by molar-refractivity contribution is 5.73. The summed E-state index contributed by atoms with van der Waals surface area (Å²) in [5.74, 6) is -1.85. The summed E-state index contributed by atoms with van der Waals surface area (Å²) in [6.07, 6.45) is -2.80. The Morgan fingerprint density at radius 1 is 1.33 bits per heavy atom. The molecule has 0 spiro atoms. The fourth-order valence-corrected chi connectivity index (χ4v) is 1.95. The van der Waals surface area contributed by atoms with Gasteiger partial charge in [0.1, 0.15) is 12.2 Å². The van der Waals surface area contributed by atoms with Crippen molar-refractivity contribution < 1.29 is 28.8 Å². The molecule has 2 rings (SSSR count). The highest BCUT2D eigenvalue weighted by Crippen LogP contribution is 2.38.